The molecule has 0 amide bonds. The van der Waals surface area contributed by atoms with Gasteiger partial charge in [0.1, 0.15) is 11.5 Å². The highest BCUT2D eigenvalue weighted by Gasteiger charge is 2.07. The standard InChI is InChI=1S/C12H15FN2O2/c1-4-17-12(16)9(3)14-15-11-7-5-6-10(13)8(11)2/h5-7,15H,4H2,1-3H3. The second kappa shape index (κ2) is 5.98. The number of hydrogen-bond acceptors (Lipinski definition) is 4. The van der Waals surface area contributed by atoms with Crippen molar-refractivity contribution in [3.05, 3.63) is 29.6 Å². The third kappa shape index (κ3) is 3.55. The summed E-state index contributed by atoms with van der Waals surface area (Å²) in [6, 6.07) is 4.61. The average Bonchev–Trinajstić information content (AvgIpc) is 2.31. The molecule has 1 aromatic rings. The van der Waals surface area contributed by atoms with Crippen LogP contribution in [0.5, 0.6) is 0 Å². The number of hydrogen-bond donors (Lipinski definition) is 1. The molecule has 0 bridgehead atoms. The number of anilines is 1. The second-order valence-corrected chi connectivity index (χ2v) is 3.44. The summed E-state index contributed by atoms with van der Waals surface area (Å²) in [6.45, 7) is 5.17. The van der Waals surface area contributed by atoms with Gasteiger partial charge in [0.05, 0.1) is 12.3 Å². The smallest absolute Gasteiger partial charge is 0.354 e. The summed E-state index contributed by atoms with van der Waals surface area (Å²) < 4.78 is 18.0. The molecule has 5 heteroatoms. The van der Waals surface area contributed by atoms with Crippen molar-refractivity contribution in [1.82, 2.24) is 0 Å². The van der Waals surface area contributed by atoms with Gasteiger partial charge >= 0.3 is 5.97 Å². The molecule has 0 fully saturated rings. The van der Waals surface area contributed by atoms with E-state index in [1.54, 1.807) is 26.0 Å². The van der Waals surface area contributed by atoms with Crippen LogP contribution in [0, 0.1) is 12.7 Å². The van der Waals surface area contributed by atoms with Crippen molar-refractivity contribution in [3.8, 4) is 0 Å². The highest BCUT2D eigenvalue weighted by Crippen LogP contribution is 2.17. The topological polar surface area (TPSA) is 50.7 Å². The van der Waals surface area contributed by atoms with E-state index in [1.807, 2.05) is 0 Å². The van der Waals surface area contributed by atoms with Crippen LogP contribution >= 0.6 is 0 Å². The molecule has 0 aliphatic rings. The van der Waals surface area contributed by atoms with E-state index in [4.69, 9.17) is 4.74 Å². The Bertz CT molecular complexity index is 444. The van der Waals surface area contributed by atoms with Gasteiger partial charge in [-0.3, -0.25) is 5.43 Å². The minimum absolute atomic E-state index is 0.190. The first-order valence-corrected chi connectivity index (χ1v) is 5.28. The van der Waals surface area contributed by atoms with E-state index in [9.17, 15) is 9.18 Å². The van der Waals surface area contributed by atoms with Gasteiger partial charge in [0, 0.05) is 5.56 Å². The van der Waals surface area contributed by atoms with Gasteiger partial charge in [-0.1, -0.05) is 6.07 Å². The number of ether oxygens (including phenoxy) is 1. The van der Waals surface area contributed by atoms with Crippen molar-refractivity contribution in [2.24, 2.45) is 5.10 Å². The predicted molar refractivity (Wildman–Crippen MR) is 64.5 cm³/mol. The van der Waals surface area contributed by atoms with Crippen molar-refractivity contribution >= 4 is 17.4 Å². The maximum absolute atomic E-state index is 13.2. The van der Waals surface area contributed by atoms with Crippen molar-refractivity contribution < 1.29 is 13.9 Å². The molecule has 0 unspecified atom stereocenters. The lowest BCUT2D eigenvalue weighted by molar-refractivity contribution is -0.135. The molecule has 92 valence electrons. The fraction of sp³-hybridized carbons (Fsp3) is 0.333. The van der Waals surface area contributed by atoms with Crippen molar-refractivity contribution in [3.63, 3.8) is 0 Å². The van der Waals surface area contributed by atoms with Crippen molar-refractivity contribution in [2.45, 2.75) is 20.8 Å². The average molecular weight is 238 g/mol. The molecule has 0 saturated carbocycles. The second-order valence-electron chi connectivity index (χ2n) is 3.44. The van der Waals surface area contributed by atoms with Crippen LogP contribution < -0.4 is 5.43 Å². The van der Waals surface area contributed by atoms with Gasteiger partial charge in [0.15, 0.2) is 0 Å². The van der Waals surface area contributed by atoms with Crippen LogP contribution in [0.4, 0.5) is 10.1 Å². The van der Waals surface area contributed by atoms with Gasteiger partial charge in [0.25, 0.3) is 0 Å². The fourth-order valence-electron chi connectivity index (χ4n) is 1.15. The Morgan fingerprint density at radius 1 is 1.53 bits per heavy atom. The lowest BCUT2D eigenvalue weighted by atomic mass is 10.2. The maximum atomic E-state index is 13.2. The molecule has 0 aromatic heterocycles. The molecule has 4 nitrogen and oxygen atoms in total. The van der Waals surface area contributed by atoms with Gasteiger partial charge in [-0.2, -0.15) is 5.10 Å². The van der Waals surface area contributed by atoms with Gasteiger partial charge < -0.3 is 4.74 Å². The fourth-order valence-corrected chi connectivity index (χ4v) is 1.15. The molecule has 1 rings (SSSR count). The summed E-state index contributed by atoms with van der Waals surface area (Å²) in [5.41, 5.74) is 3.80. The molecule has 0 aliphatic heterocycles. The van der Waals surface area contributed by atoms with Crippen LogP contribution in [0.2, 0.25) is 0 Å². The number of nitrogens with zero attached hydrogens (tertiary/aromatic N) is 1. The predicted octanol–water partition coefficient (Wildman–Crippen LogP) is 2.49. The van der Waals surface area contributed by atoms with Crippen LogP contribution in [0.25, 0.3) is 0 Å². The number of rotatable bonds is 4. The van der Waals surface area contributed by atoms with Gasteiger partial charge in [0.2, 0.25) is 0 Å². The first kappa shape index (κ1) is 13.2. The SMILES string of the molecule is CCOC(=O)C(C)=NNc1cccc(F)c1C. The first-order valence-electron chi connectivity index (χ1n) is 5.28. The van der Waals surface area contributed by atoms with Crippen LogP contribution in [-0.4, -0.2) is 18.3 Å². The summed E-state index contributed by atoms with van der Waals surface area (Å²) >= 11 is 0. The Kier molecular flexibility index (Phi) is 4.63. The molecule has 1 N–H and O–H groups in total. The lowest BCUT2D eigenvalue weighted by Gasteiger charge is -2.06. The molecule has 1 aromatic carbocycles. The van der Waals surface area contributed by atoms with Crippen LogP contribution in [0.3, 0.4) is 0 Å². The Balaban J connectivity index is 2.75. The Hall–Kier alpha value is -1.91. The molecular formula is C12H15FN2O2. The summed E-state index contributed by atoms with van der Waals surface area (Å²) in [7, 11) is 0. The van der Waals surface area contributed by atoms with E-state index >= 15 is 0 Å². The molecule has 0 heterocycles. The van der Waals surface area contributed by atoms with E-state index in [1.165, 1.54) is 13.0 Å². The maximum Gasteiger partial charge on any atom is 0.354 e. The Morgan fingerprint density at radius 3 is 2.88 bits per heavy atom. The summed E-state index contributed by atoms with van der Waals surface area (Å²) in [5, 5.41) is 3.84. The lowest BCUT2D eigenvalue weighted by Crippen LogP contribution is -2.15. The number of esters is 1. The highest BCUT2D eigenvalue weighted by atomic mass is 19.1. The Labute approximate surface area is 99.5 Å². The number of nitrogens with one attached hydrogen (secondary N) is 1. The van der Waals surface area contributed by atoms with E-state index in [-0.39, 0.29) is 11.5 Å². The normalized spacial score (nSPS) is 11.2. The number of carbonyl (C=O) groups excluding carboxylic acids is 1. The summed E-state index contributed by atoms with van der Waals surface area (Å²) in [6.07, 6.45) is 0. The van der Waals surface area contributed by atoms with E-state index in [0.29, 0.717) is 17.9 Å². The number of benzene rings is 1. The molecule has 0 saturated heterocycles. The van der Waals surface area contributed by atoms with Crippen molar-refractivity contribution in [2.75, 3.05) is 12.0 Å². The summed E-state index contributed by atoms with van der Waals surface area (Å²) in [4.78, 5) is 11.2. The van der Waals surface area contributed by atoms with Crippen LogP contribution in [0.1, 0.15) is 19.4 Å². The van der Waals surface area contributed by atoms with Gasteiger partial charge in [-0.15, -0.1) is 0 Å². The molecule has 0 atom stereocenters. The molecule has 0 aliphatic carbocycles. The van der Waals surface area contributed by atoms with E-state index < -0.39 is 5.97 Å². The quantitative estimate of drug-likeness (QED) is 0.498. The minimum Gasteiger partial charge on any atom is -0.461 e. The zero-order chi connectivity index (χ0) is 12.8. The van der Waals surface area contributed by atoms with E-state index in [2.05, 4.69) is 10.5 Å². The number of halogens is 1. The molecule has 0 radical (unpaired) electrons. The summed E-state index contributed by atoms with van der Waals surface area (Å²) in [5.74, 6) is -0.812. The van der Waals surface area contributed by atoms with Crippen molar-refractivity contribution in [1.29, 1.82) is 0 Å². The Morgan fingerprint density at radius 2 is 2.24 bits per heavy atom. The molecule has 17 heavy (non-hydrogen) atoms. The monoisotopic (exact) mass is 238 g/mol. The molecule has 0 spiro atoms. The molecular weight excluding hydrogens is 223 g/mol. The zero-order valence-electron chi connectivity index (χ0n) is 10.1. The number of hydrazone groups is 1. The zero-order valence-corrected chi connectivity index (χ0v) is 10.1. The van der Waals surface area contributed by atoms with E-state index in [0.717, 1.165) is 0 Å². The highest BCUT2D eigenvalue weighted by molar-refractivity contribution is 6.35. The third-order valence-corrected chi connectivity index (χ3v) is 2.18. The van der Waals surface area contributed by atoms with Crippen LogP contribution in [-0.2, 0) is 9.53 Å². The largest absolute Gasteiger partial charge is 0.461 e. The van der Waals surface area contributed by atoms with Crippen LogP contribution in [0.15, 0.2) is 23.3 Å². The third-order valence-electron chi connectivity index (χ3n) is 2.18. The first-order chi connectivity index (χ1) is 8.06. The van der Waals surface area contributed by atoms with Gasteiger partial charge in [-0.05, 0) is 32.9 Å². The van der Waals surface area contributed by atoms with Gasteiger partial charge in [-0.25, -0.2) is 9.18 Å². The minimum atomic E-state index is -0.492. The number of carbonyl (C=O) groups is 1.